The third-order valence-corrected chi connectivity index (χ3v) is 8.75. The van der Waals surface area contributed by atoms with E-state index < -0.39 is 31.2 Å². The first kappa shape index (κ1) is 29.9. The number of halogens is 2. The number of aliphatic hydroxyl groups is 2. The zero-order chi connectivity index (χ0) is 27.7. The maximum atomic E-state index is 14.5. The van der Waals surface area contributed by atoms with Crippen LogP contribution in [0.1, 0.15) is 46.7 Å². The van der Waals surface area contributed by atoms with Crippen molar-refractivity contribution in [3.05, 3.63) is 52.2 Å². The van der Waals surface area contributed by atoms with Crippen LogP contribution in [0.2, 0.25) is 0 Å². The molecule has 2 aliphatic rings. The van der Waals surface area contributed by atoms with Gasteiger partial charge in [0.15, 0.2) is 6.61 Å². The number of rotatable bonds is 14. The van der Waals surface area contributed by atoms with Gasteiger partial charge in [0, 0.05) is 30.9 Å². The maximum absolute atomic E-state index is 14.5. The summed E-state index contributed by atoms with van der Waals surface area (Å²) in [6.07, 6.45) is 0.465. The van der Waals surface area contributed by atoms with Crippen molar-refractivity contribution in [2.75, 3.05) is 46.1 Å². The number of esters is 1. The summed E-state index contributed by atoms with van der Waals surface area (Å²) < 4.78 is 45.0. The Morgan fingerprint density at radius 2 is 1.77 bits per heavy atom. The van der Waals surface area contributed by atoms with E-state index in [4.69, 9.17) is 14.2 Å². The monoisotopic (exact) mass is 567 g/mol. The highest BCUT2D eigenvalue weighted by molar-refractivity contribution is 7.13. The number of thiophene rings is 1. The van der Waals surface area contributed by atoms with Crippen molar-refractivity contribution in [3.8, 4) is 5.75 Å². The Labute approximate surface area is 232 Å². The number of ether oxygens (including phenoxy) is 3. The summed E-state index contributed by atoms with van der Waals surface area (Å²) in [5.74, 6) is -3.59. The van der Waals surface area contributed by atoms with E-state index >= 15 is 0 Å². The molecule has 39 heavy (non-hydrogen) atoms. The summed E-state index contributed by atoms with van der Waals surface area (Å²) >= 11 is 1.40. The van der Waals surface area contributed by atoms with Crippen LogP contribution < -0.4 is 4.74 Å². The van der Waals surface area contributed by atoms with E-state index in [1.807, 2.05) is 6.07 Å². The summed E-state index contributed by atoms with van der Waals surface area (Å²) in [7, 11) is 0. The van der Waals surface area contributed by atoms with Crippen LogP contribution in [0.15, 0.2) is 42.5 Å². The highest BCUT2D eigenvalue weighted by atomic mass is 32.1. The summed E-state index contributed by atoms with van der Waals surface area (Å²) in [5, 5.41) is 21.0. The van der Waals surface area contributed by atoms with Gasteiger partial charge < -0.3 is 24.4 Å². The number of alkyl halides is 2. The van der Waals surface area contributed by atoms with Crippen LogP contribution in [-0.2, 0) is 15.9 Å². The second kappa shape index (κ2) is 14.5. The molecule has 1 aliphatic carbocycles. The highest BCUT2D eigenvalue weighted by Crippen LogP contribution is 2.40. The van der Waals surface area contributed by atoms with Crippen molar-refractivity contribution in [1.29, 1.82) is 0 Å². The molecular weight excluding hydrogens is 528 g/mol. The number of morpholine rings is 1. The van der Waals surface area contributed by atoms with E-state index in [9.17, 15) is 23.8 Å². The van der Waals surface area contributed by atoms with Gasteiger partial charge in [-0.3, -0.25) is 4.90 Å². The lowest BCUT2D eigenvalue weighted by molar-refractivity contribution is -0.0570. The van der Waals surface area contributed by atoms with Crippen molar-refractivity contribution < 1.29 is 38.0 Å². The lowest BCUT2D eigenvalue weighted by atomic mass is 9.85. The largest absolute Gasteiger partial charge is 0.487 e. The summed E-state index contributed by atoms with van der Waals surface area (Å²) in [6.45, 7) is 3.41. The molecule has 1 aliphatic heterocycles. The Kier molecular flexibility index (Phi) is 11.1. The predicted octanol–water partition coefficient (Wildman–Crippen LogP) is 4.41. The number of nitrogens with zero attached hydrogens (tertiary/aromatic N) is 1. The molecule has 4 rings (SSSR count). The quantitative estimate of drug-likeness (QED) is 0.327. The van der Waals surface area contributed by atoms with Crippen LogP contribution in [-0.4, -0.2) is 85.3 Å². The third kappa shape index (κ3) is 9.21. The molecule has 216 valence electrons. The van der Waals surface area contributed by atoms with Crippen LogP contribution in [0.5, 0.6) is 5.75 Å². The minimum atomic E-state index is -3.03. The number of carbonyl (C=O) groups excluding carboxylic acids is 1. The fourth-order valence-electron chi connectivity index (χ4n) is 5.43. The standard InChI is InChI=1S/C29H39F2NO6S/c30-29(31,20-38-21-5-2-1-3-6-21)12-11-24-23(25(33)19-26(24)34)8-4-7-22-9-10-27(39-22)28(35)37-18-15-32-13-16-36-17-14-32/h1-3,5-6,9-10,23-26,33-34H,4,7-8,11-20H2/t23-,24-,25+,26-/m1/s1. The smallest absolute Gasteiger partial charge is 0.348 e. The van der Waals surface area contributed by atoms with Gasteiger partial charge in [0.25, 0.3) is 5.92 Å². The third-order valence-electron chi connectivity index (χ3n) is 7.63. The molecule has 4 atom stereocenters. The fourth-order valence-corrected chi connectivity index (χ4v) is 6.38. The van der Waals surface area contributed by atoms with Gasteiger partial charge in [-0.2, -0.15) is 0 Å². The normalized spacial score (nSPS) is 24.1. The topological polar surface area (TPSA) is 88.5 Å². The van der Waals surface area contributed by atoms with Gasteiger partial charge in [-0.05, 0) is 68.2 Å². The van der Waals surface area contributed by atoms with E-state index in [1.54, 1.807) is 36.4 Å². The van der Waals surface area contributed by atoms with Crippen LogP contribution >= 0.6 is 11.3 Å². The molecule has 1 saturated heterocycles. The van der Waals surface area contributed by atoms with E-state index in [0.717, 1.165) is 24.4 Å². The first-order valence-corrected chi connectivity index (χ1v) is 14.6. The zero-order valence-electron chi connectivity index (χ0n) is 22.2. The van der Waals surface area contributed by atoms with E-state index in [0.29, 0.717) is 49.8 Å². The van der Waals surface area contributed by atoms with Crippen LogP contribution in [0.25, 0.3) is 0 Å². The van der Waals surface area contributed by atoms with Gasteiger partial charge in [0.05, 0.1) is 25.4 Å². The Morgan fingerprint density at radius 1 is 1.05 bits per heavy atom. The lowest BCUT2D eigenvalue weighted by Crippen LogP contribution is -2.38. The molecule has 0 bridgehead atoms. The second-order valence-electron chi connectivity index (χ2n) is 10.4. The Hall–Kier alpha value is -2.11. The first-order valence-electron chi connectivity index (χ1n) is 13.8. The first-order chi connectivity index (χ1) is 18.8. The predicted molar refractivity (Wildman–Crippen MR) is 145 cm³/mol. The average molecular weight is 568 g/mol. The second-order valence-corrected chi connectivity index (χ2v) is 11.6. The number of hydrogen-bond acceptors (Lipinski definition) is 8. The van der Waals surface area contributed by atoms with Crippen molar-refractivity contribution >= 4 is 17.3 Å². The van der Waals surface area contributed by atoms with Crippen LogP contribution in [0.4, 0.5) is 8.78 Å². The molecule has 2 fully saturated rings. The average Bonchev–Trinajstić information content (AvgIpc) is 3.51. The number of carbonyl (C=O) groups is 1. The Morgan fingerprint density at radius 3 is 2.51 bits per heavy atom. The molecule has 0 unspecified atom stereocenters. The number of hydrogen-bond donors (Lipinski definition) is 2. The molecule has 2 aromatic rings. The number of aryl methyl sites for hydroxylation is 1. The van der Waals surface area contributed by atoms with Gasteiger partial charge in [0.1, 0.15) is 17.2 Å². The molecule has 0 spiro atoms. The van der Waals surface area contributed by atoms with Gasteiger partial charge >= 0.3 is 5.97 Å². The summed E-state index contributed by atoms with van der Waals surface area (Å²) in [6, 6.07) is 12.2. The molecule has 1 saturated carbocycles. The Balaban J connectivity index is 1.19. The molecule has 0 amide bonds. The maximum Gasteiger partial charge on any atom is 0.348 e. The molecule has 2 heterocycles. The molecule has 0 radical (unpaired) electrons. The SMILES string of the molecule is O=C(OCCN1CCOCC1)c1ccc(CCC[C@@H]2[C@@H](CCC(F)(F)COc3ccccc3)[C@H](O)C[C@@H]2O)s1. The van der Waals surface area contributed by atoms with Crippen molar-refractivity contribution in [2.45, 2.75) is 56.7 Å². The van der Waals surface area contributed by atoms with Gasteiger partial charge in [-0.25, -0.2) is 13.6 Å². The Bertz CT molecular complexity index is 1020. The molecule has 1 aromatic carbocycles. The fraction of sp³-hybridized carbons (Fsp3) is 0.621. The van der Waals surface area contributed by atoms with Crippen molar-refractivity contribution in [1.82, 2.24) is 4.90 Å². The number of para-hydroxylation sites is 1. The van der Waals surface area contributed by atoms with Gasteiger partial charge in [0.2, 0.25) is 0 Å². The summed E-state index contributed by atoms with van der Waals surface area (Å²) in [5.41, 5.74) is 0. The molecule has 10 heteroatoms. The van der Waals surface area contributed by atoms with Crippen LogP contribution in [0, 0.1) is 11.8 Å². The van der Waals surface area contributed by atoms with Gasteiger partial charge in [-0.1, -0.05) is 18.2 Å². The molecule has 2 N–H and O–H groups in total. The summed E-state index contributed by atoms with van der Waals surface area (Å²) in [4.78, 5) is 16.2. The zero-order valence-corrected chi connectivity index (χ0v) is 23.0. The highest BCUT2D eigenvalue weighted by Gasteiger charge is 2.43. The molecule has 7 nitrogen and oxygen atoms in total. The van der Waals surface area contributed by atoms with Crippen LogP contribution in [0.3, 0.4) is 0 Å². The van der Waals surface area contributed by atoms with E-state index in [1.165, 1.54) is 11.3 Å². The van der Waals surface area contributed by atoms with Crippen molar-refractivity contribution in [3.63, 3.8) is 0 Å². The lowest BCUT2D eigenvalue weighted by Gasteiger charge is -2.26. The molecular formula is C29H39F2NO6S. The minimum Gasteiger partial charge on any atom is -0.487 e. The van der Waals surface area contributed by atoms with E-state index in [2.05, 4.69) is 4.90 Å². The minimum absolute atomic E-state index is 0.119. The van der Waals surface area contributed by atoms with Crippen molar-refractivity contribution in [2.24, 2.45) is 11.8 Å². The number of aliphatic hydroxyl groups excluding tert-OH is 2. The molecule has 1 aromatic heterocycles. The van der Waals surface area contributed by atoms with E-state index in [-0.39, 0.29) is 30.6 Å². The van der Waals surface area contributed by atoms with Gasteiger partial charge in [-0.15, -0.1) is 11.3 Å². The number of benzene rings is 1.